The number of ether oxygens (including phenoxy) is 1. The van der Waals surface area contributed by atoms with Crippen molar-refractivity contribution < 1.29 is 46.0 Å². The van der Waals surface area contributed by atoms with E-state index in [0.717, 1.165) is 21.3 Å². The molecule has 0 aliphatic carbocycles. The van der Waals surface area contributed by atoms with E-state index in [1.165, 1.54) is 41.1 Å². The van der Waals surface area contributed by atoms with Crippen LogP contribution < -0.4 is 5.32 Å². The summed E-state index contributed by atoms with van der Waals surface area (Å²) < 4.78 is 74.7. The molecule has 17 nitrogen and oxygen atoms in total. The Kier molecular flexibility index (Phi) is 14.7. The van der Waals surface area contributed by atoms with Crippen molar-refractivity contribution >= 4 is 40.6 Å². The highest BCUT2D eigenvalue weighted by Crippen LogP contribution is 2.36. The Bertz CT molecular complexity index is 2720. The van der Waals surface area contributed by atoms with Gasteiger partial charge in [-0.3, -0.25) is 14.8 Å². The van der Waals surface area contributed by atoms with E-state index in [1.807, 2.05) is 35.7 Å². The largest absolute Gasteiger partial charge is 0.444 e. The number of nitrogens with zero attached hydrogens (tertiary/aromatic N) is 11. The molecule has 0 bridgehead atoms. The van der Waals surface area contributed by atoms with Gasteiger partial charge in [0.05, 0.1) is 22.0 Å². The van der Waals surface area contributed by atoms with E-state index in [9.17, 15) is 31.5 Å². The molecule has 0 spiro atoms. The molecule has 2 aliphatic rings. The minimum absolute atomic E-state index is 0.0887. The van der Waals surface area contributed by atoms with Gasteiger partial charge in [-0.2, -0.15) is 18.3 Å². The van der Waals surface area contributed by atoms with Gasteiger partial charge in [-0.05, 0) is 81.3 Å². The van der Waals surface area contributed by atoms with Gasteiger partial charge >= 0.3 is 12.3 Å². The van der Waals surface area contributed by atoms with Crippen molar-refractivity contribution in [3.05, 3.63) is 135 Å². The van der Waals surface area contributed by atoms with Crippen molar-refractivity contribution in [3.8, 4) is 0 Å². The van der Waals surface area contributed by atoms with Crippen LogP contribution in [0.3, 0.4) is 0 Å². The number of carbonyl (C=O) groups is 2. The van der Waals surface area contributed by atoms with Gasteiger partial charge in [0.1, 0.15) is 35.3 Å². The van der Waals surface area contributed by atoms with Gasteiger partial charge in [0, 0.05) is 49.1 Å². The molecule has 0 saturated carbocycles. The molecule has 2 aromatic carbocycles. The molecule has 1 saturated heterocycles. The highest BCUT2D eigenvalue weighted by molar-refractivity contribution is 7.10. The molecule has 352 valence electrons. The molecule has 1 atom stereocenters. The number of carbonyl (C=O) groups excluding carboxylic acids is 2. The van der Waals surface area contributed by atoms with Crippen molar-refractivity contribution in [3.63, 3.8) is 0 Å². The molecule has 4 aromatic heterocycles. The van der Waals surface area contributed by atoms with Crippen LogP contribution in [0.2, 0.25) is 0 Å². The lowest BCUT2D eigenvalue weighted by Gasteiger charge is -2.31. The SMILES string of the molecule is Cc1cc(C(F)(F)F)nn1CC(=O)N1CCC(c2nc(C3=NOC(c4c(F)cccc4F)C3)cs2)CC1.Cn1nnnc1/C(=N\OCc1cccc(NC(=O)OC(C)(C)C)n1)c1ccccc1. The molecule has 1 unspecified atom stereocenters. The van der Waals surface area contributed by atoms with Crippen LogP contribution in [0.5, 0.6) is 0 Å². The average molecular weight is 949 g/mol. The summed E-state index contributed by atoms with van der Waals surface area (Å²) in [6.45, 7) is 7.59. The number of halogens is 5. The zero-order valence-electron chi connectivity index (χ0n) is 36.9. The van der Waals surface area contributed by atoms with Crippen LogP contribution in [0.15, 0.2) is 88.5 Å². The monoisotopic (exact) mass is 948 g/mol. The van der Waals surface area contributed by atoms with Crippen molar-refractivity contribution in [1.29, 1.82) is 0 Å². The molecule has 2 aliphatic heterocycles. The lowest BCUT2D eigenvalue weighted by atomic mass is 9.97. The van der Waals surface area contributed by atoms with Crippen LogP contribution in [0.25, 0.3) is 0 Å². The standard InChI is InChI=1S/C24H22F5N5O2S.C20H23N7O3/c1-13-9-20(24(27,28)29)31-34(13)11-21(35)33-7-5-14(6-8-33)23-30-18(12-37-23)17-10-19(36-32-17)22-15(25)3-2-4-16(22)26;1-20(2,3)30-19(28)22-16-12-8-11-15(21-16)13-29-24-17(14-9-6-5-7-10-14)18-23-25-26-27(18)4/h2-4,9,12,14,19H,5-8,10-11H2,1H3;5-12H,13H2,1-4H3,(H,21,22,28)/b;24-17-. The second kappa shape index (κ2) is 20.6. The number of tetrazole rings is 1. The van der Waals surface area contributed by atoms with E-state index < -0.39 is 41.3 Å². The predicted molar refractivity (Wildman–Crippen MR) is 234 cm³/mol. The Hall–Kier alpha value is -7.17. The lowest BCUT2D eigenvalue weighted by molar-refractivity contribution is -0.142. The Balaban J connectivity index is 0.000000204. The second-order valence-electron chi connectivity index (χ2n) is 16.4. The maximum absolute atomic E-state index is 14.1. The summed E-state index contributed by atoms with van der Waals surface area (Å²) in [7, 11) is 1.72. The van der Waals surface area contributed by atoms with E-state index in [2.05, 4.69) is 46.2 Å². The van der Waals surface area contributed by atoms with Gasteiger partial charge in [0.2, 0.25) is 11.7 Å². The zero-order chi connectivity index (χ0) is 47.9. The normalized spacial score (nSPS) is 15.6. The Morgan fingerprint density at radius 3 is 2.34 bits per heavy atom. The quantitative estimate of drug-likeness (QED) is 0.0750. The molecule has 67 heavy (non-hydrogen) atoms. The maximum Gasteiger partial charge on any atom is 0.435 e. The van der Waals surface area contributed by atoms with Gasteiger partial charge in [0.25, 0.3) is 0 Å². The van der Waals surface area contributed by atoms with Crippen molar-refractivity contribution in [2.75, 3.05) is 18.4 Å². The molecular weight excluding hydrogens is 904 g/mol. The minimum atomic E-state index is -4.56. The Morgan fingerprint density at radius 2 is 1.69 bits per heavy atom. The van der Waals surface area contributed by atoms with Crippen molar-refractivity contribution in [1.82, 2.24) is 44.9 Å². The number of rotatable bonds is 11. The third-order valence-corrected chi connectivity index (χ3v) is 11.3. The topological polar surface area (TPSA) is 189 Å². The number of pyridine rings is 1. The van der Waals surface area contributed by atoms with E-state index in [0.29, 0.717) is 60.4 Å². The summed E-state index contributed by atoms with van der Waals surface area (Å²) >= 11 is 1.45. The molecule has 2 amide bonds. The number of hydrogen-bond acceptors (Lipinski definition) is 14. The van der Waals surface area contributed by atoms with E-state index in [1.54, 1.807) is 50.9 Å². The van der Waals surface area contributed by atoms with Crippen LogP contribution in [-0.4, -0.2) is 87.0 Å². The van der Waals surface area contributed by atoms with Crippen LogP contribution in [0, 0.1) is 18.6 Å². The van der Waals surface area contributed by atoms with Crippen molar-refractivity contribution in [2.45, 2.75) is 83.9 Å². The number of thiazole rings is 1. The first-order chi connectivity index (χ1) is 31.9. The molecule has 23 heteroatoms. The van der Waals surface area contributed by atoms with Gasteiger partial charge in [-0.15, -0.1) is 16.4 Å². The molecule has 6 aromatic rings. The number of piperidine rings is 1. The number of oxime groups is 2. The number of aryl methyl sites for hydroxylation is 2. The summed E-state index contributed by atoms with van der Waals surface area (Å²) in [4.78, 5) is 46.1. The van der Waals surface area contributed by atoms with E-state index in [4.69, 9.17) is 14.4 Å². The number of nitrogens with one attached hydrogen (secondary N) is 1. The molecule has 1 fully saturated rings. The number of alkyl halides is 3. The number of aromatic nitrogens is 8. The predicted octanol–water partition coefficient (Wildman–Crippen LogP) is 8.14. The van der Waals surface area contributed by atoms with E-state index >= 15 is 0 Å². The zero-order valence-corrected chi connectivity index (χ0v) is 37.7. The van der Waals surface area contributed by atoms with Crippen LogP contribution in [0.1, 0.15) is 96.8 Å². The van der Waals surface area contributed by atoms with E-state index in [-0.39, 0.29) is 42.7 Å². The smallest absolute Gasteiger partial charge is 0.435 e. The van der Waals surface area contributed by atoms with Gasteiger partial charge in [-0.25, -0.2) is 28.2 Å². The molecule has 1 N–H and O–H groups in total. The first kappa shape index (κ1) is 47.8. The molecule has 6 heterocycles. The summed E-state index contributed by atoms with van der Waals surface area (Å²) in [6, 6.07) is 19.2. The Labute approximate surface area is 384 Å². The number of likely N-dealkylation sites (tertiary alicyclic amines) is 1. The fourth-order valence-corrected chi connectivity index (χ4v) is 7.97. The summed E-state index contributed by atoms with van der Waals surface area (Å²) in [5, 5.41) is 28.6. The van der Waals surface area contributed by atoms with Gasteiger partial charge in [0.15, 0.2) is 24.1 Å². The number of benzene rings is 2. The summed E-state index contributed by atoms with van der Waals surface area (Å²) in [5.74, 6) is -0.740. The lowest BCUT2D eigenvalue weighted by Crippen LogP contribution is -2.40. The maximum atomic E-state index is 14.1. The van der Waals surface area contributed by atoms with Crippen molar-refractivity contribution in [2.24, 2.45) is 17.4 Å². The Morgan fingerprint density at radius 1 is 0.970 bits per heavy atom. The fraction of sp³-hybridized carbons (Fsp3) is 0.364. The summed E-state index contributed by atoms with van der Waals surface area (Å²) in [5.41, 5.74) is 1.48. The van der Waals surface area contributed by atoms with Gasteiger partial charge < -0.3 is 19.3 Å². The van der Waals surface area contributed by atoms with Gasteiger partial charge in [-0.1, -0.05) is 52.8 Å². The minimum Gasteiger partial charge on any atom is -0.444 e. The first-order valence-corrected chi connectivity index (χ1v) is 21.8. The van der Waals surface area contributed by atoms with Crippen LogP contribution in [0.4, 0.5) is 32.6 Å². The average Bonchev–Trinajstić information content (AvgIpc) is 4.11. The second-order valence-corrected chi connectivity index (χ2v) is 17.3. The molecule has 0 radical (unpaired) electrons. The number of amides is 2. The highest BCUT2D eigenvalue weighted by Gasteiger charge is 2.35. The highest BCUT2D eigenvalue weighted by atomic mass is 32.1. The number of anilines is 1. The van der Waals surface area contributed by atoms with Crippen LogP contribution in [-0.2, 0) is 45.6 Å². The number of hydrogen-bond donors (Lipinski definition) is 1. The van der Waals surface area contributed by atoms with Crippen LogP contribution >= 0.6 is 11.3 Å². The molecule has 8 rings (SSSR count). The third kappa shape index (κ3) is 12.4. The molecular formula is C44H45F5N12O5S. The summed E-state index contributed by atoms with van der Waals surface area (Å²) in [6.07, 6.45) is -4.51. The third-order valence-electron chi connectivity index (χ3n) is 10.2. The fourth-order valence-electron chi connectivity index (χ4n) is 6.97. The first-order valence-electron chi connectivity index (χ1n) is 20.9.